The number of Topliss-reactive ketones (excluding diaryl/α,β-unsaturated/α-hetero) is 2. The molecule has 0 bridgehead atoms. The first-order chi connectivity index (χ1) is 11.8. The number of benzene rings is 2. The summed E-state index contributed by atoms with van der Waals surface area (Å²) in [5.74, 6) is -5.70. The summed E-state index contributed by atoms with van der Waals surface area (Å²) in [6.45, 7) is 0. The van der Waals surface area contributed by atoms with Crippen LogP contribution in [0.1, 0.15) is 20.7 Å². The first kappa shape index (κ1) is 16.6. The van der Waals surface area contributed by atoms with Crippen molar-refractivity contribution in [3.63, 3.8) is 0 Å². The number of carbonyl (C=O) groups is 2. The van der Waals surface area contributed by atoms with Crippen LogP contribution in [0.25, 0.3) is 0 Å². The Balaban J connectivity index is 2.04. The van der Waals surface area contributed by atoms with Crippen LogP contribution in [-0.2, 0) is 0 Å². The number of aromatic hydroxyl groups is 2. The first-order valence-corrected chi connectivity index (χ1v) is 7.10. The third-order valence-corrected chi connectivity index (χ3v) is 3.83. The highest BCUT2D eigenvalue weighted by molar-refractivity contribution is 6.24. The maximum absolute atomic E-state index is 12.6. The molecule has 1 unspecified atom stereocenters. The number of hydrogen-bond acceptors (Lipinski definition) is 8. The fourth-order valence-corrected chi connectivity index (χ4v) is 2.54. The number of carbonyl (C=O) groups excluding carboxylic acids is 2. The summed E-state index contributed by atoms with van der Waals surface area (Å²) in [6, 6.07) is 5.99. The maximum Gasteiger partial charge on any atom is 0.339 e. The highest BCUT2D eigenvalue weighted by Crippen LogP contribution is 2.43. The van der Waals surface area contributed by atoms with Crippen molar-refractivity contribution in [2.75, 3.05) is 14.2 Å². The molecule has 8 nitrogen and oxygen atoms in total. The zero-order valence-corrected chi connectivity index (χ0v) is 13.3. The van der Waals surface area contributed by atoms with E-state index in [4.69, 9.17) is 14.2 Å². The molecule has 25 heavy (non-hydrogen) atoms. The summed E-state index contributed by atoms with van der Waals surface area (Å²) in [5, 5.41) is 30.1. The lowest BCUT2D eigenvalue weighted by molar-refractivity contribution is -0.0619. The van der Waals surface area contributed by atoms with Crippen molar-refractivity contribution in [1.29, 1.82) is 0 Å². The zero-order chi connectivity index (χ0) is 18.4. The fourth-order valence-electron chi connectivity index (χ4n) is 2.54. The van der Waals surface area contributed by atoms with E-state index < -0.39 is 23.1 Å². The highest BCUT2D eigenvalue weighted by Gasteiger charge is 2.54. The molecule has 0 saturated carbocycles. The van der Waals surface area contributed by atoms with E-state index in [-0.39, 0.29) is 34.1 Å². The van der Waals surface area contributed by atoms with Crippen molar-refractivity contribution in [2.45, 2.75) is 5.79 Å². The van der Waals surface area contributed by atoms with Crippen LogP contribution in [0, 0.1) is 0 Å². The van der Waals surface area contributed by atoms with Crippen LogP contribution < -0.4 is 14.2 Å². The van der Waals surface area contributed by atoms with Crippen LogP contribution in [0.2, 0.25) is 0 Å². The molecule has 0 aromatic heterocycles. The number of hydrogen-bond donors (Lipinski definition) is 3. The Hall–Kier alpha value is -3.26. The summed E-state index contributed by atoms with van der Waals surface area (Å²) in [5.41, 5.74) is -0.438. The molecule has 2 aromatic rings. The molecule has 1 aliphatic rings. The predicted molar refractivity (Wildman–Crippen MR) is 83.6 cm³/mol. The molecule has 0 radical (unpaired) electrons. The molecular weight excluding hydrogens is 332 g/mol. The van der Waals surface area contributed by atoms with E-state index in [1.807, 2.05) is 0 Å². The van der Waals surface area contributed by atoms with Gasteiger partial charge in [0.2, 0.25) is 11.6 Å². The molecule has 0 fully saturated rings. The molecule has 8 heteroatoms. The number of rotatable bonds is 4. The molecular formula is C17H14O8. The van der Waals surface area contributed by atoms with Gasteiger partial charge in [-0.15, -0.1) is 0 Å². The Morgan fingerprint density at radius 3 is 2.44 bits per heavy atom. The van der Waals surface area contributed by atoms with Crippen LogP contribution in [0.4, 0.5) is 0 Å². The Morgan fingerprint density at radius 1 is 1.08 bits per heavy atom. The molecule has 1 heterocycles. The Labute approximate surface area is 141 Å². The summed E-state index contributed by atoms with van der Waals surface area (Å²) < 4.78 is 15.0. The van der Waals surface area contributed by atoms with Gasteiger partial charge in [-0.1, -0.05) is 0 Å². The smallest absolute Gasteiger partial charge is 0.339 e. The lowest BCUT2D eigenvalue weighted by Crippen LogP contribution is -2.48. The van der Waals surface area contributed by atoms with Gasteiger partial charge in [0, 0.05) is 17.7 Å². The SMILES string of the molecule is COc1cc(O)c2c(c1)OC(O)(C(=O)c1ccc(O)c(OC)c1)C2=O. The van der Waals surface area contributed by atoms with Crippen molar-refractivity contribution in [3.05, 3.63) is 41.5 Å². The minimum atomic E-state index is -2.84. The zero-order valence-electron chi connectivity index (χ0n) is 13.3. The quantitative estimate of drug-likeness (QED) is 0.559. The largest absolute Gasteiger partial charge is 0.507 e. The third kappa shape index (κ3) is 2.43. The fraction of sp³-hybridized carbons (Fsp3) is 0.176. The number of aliphatic hydroxyl groups is 1. The first-order valence-electron chi connectivity index (χ1n) is 7.10. The number of ketones is 2. The van der Waals surface area contributed by atoms with Crippen LogP contribution >= 0.6 is 0 Å². The van der Waals surface area contributed by atoms with Crippen molar-refractivity contribution in [1.82, 2.24) is 0 Å². The van der Waals surface area contributed by atoms with E-state index in [0.29, 0.717) is 0 Å². The van der Waals surface area contributed by atoms with Crippen LogP contribution in [0.3, 0.4) is 0 Å². The van der Waals surface area contributed by atoms with Crippen LogP contribution in [0.15, 0.2) is 30.3 Å². The molecule has 2 aromatic carbocycles. The summed E-state index contributed by atoms with van der Waals surface area (Å²) in [4.78, 5) is 25.1. The molecule has 3 N–H and O–H groups in total. The summed E-state index contributed by atoms with van der Waals surface area (Å²) >= 11 is 0. The number of phenols is 2. The van der Waals surface area contributed by atoms with Gasteiger partial charge in [0.1, 0.15) is 22.8 Å². The molecule has 1 aliphatic heterocycles. The molecule has 1 atom stereocenters. The molecule has 3 rings (SSSR count). The van der Waals surface area contributed by atoms with E-state index >= 15 is 0 Å². The van der Waals surface area contributed by atoms with Gasteiger partial charge in [-0.05, 0) is 18.2 Å². The lowest BCUT2D eigenvalue weighted by Gasteiger charge is -2.19. The maximum atomic E-state index is 12.6. The van der Waals surface area contributed by atoms with Gasteiger partial charge in [-0.25, -0.2) is 0 Å². The van der Waals surface area contributed by atoms with Gasteiger partial charge in [0.25, 0.3) is 0 Å². The number of methoxy groups -OCH3 is 2. The predicted octanol–water partition coefficient (Wildman–Crippen LogP) is 1.26. The number of fused-ring (bicyclic) bond motifs is 1. The van der Waals surface area contributed by atoms with E-state index in [9.17, 15) is 24.9 Å². The molecule has 0 saturated heterocycles. The molecule has 0 aliphatic carbocycles. The standard InChI is InChI=1S/C17H14O8/c1-23-9-6-11(19)14-13(7-9)25-17(22,16(14)21)15(20)8-3-4-10(18)12(5-8)24-2/h3-7,18-19,22H,1-2H3. The van der Waals surface area contributed by atoms with E-state index in [1.54, 1.807) is 0 Å². The summed E-state index contributed by atoms with van der Waals surface area (Å²) in [6.07, 6.45) is 0. The normalized spacial score (nSPS) is 18.4. The van der Waals surface area contributed by atoms with Crippen molar-refractivity contribution in [2.24, 2.45) is 0 Å². The second-order valence-corrected chi connectivity index (χ2v) is 5.31. The van der Waals surface area contributed by atoms with E-state index in [2.05, 4.69) is 0 Å². The summed E-state index contributed by atoms with van der Waals surface area (Å²) in [7, 11) is 2.63. The third-order valence-electron chi connectivity index (χ3n) is 3.83. The monoisotopic (exact) mass is 346 g/mol. The number of ether oxygens (including phenoxy) is 3. The van der Waals surface area contributed by atoms with E-state index in [0.717, 1.165) is 6.07 Å². The lowest BCUT2D eigenvalue weighted by atomic mass is 9.96. The van der Waals surface area contributed by atoms with Gasteiger partial charge < -0.3 is 29.5 Å². The molecule has 0 amide bonds. The topological polar surface area (TPSA) is 123 Å². The van der Waals surface area contributed by atoms with Gasteiger partial charge in [0.05, 0.1) is 14.2 Å². The second kappa shape index (κ2) is 5.67. The van der Waals surface area contributed by atoms with Crippen LogP contribution in [-0.4, -0.2) is 46.9 Å². The van der Waals surface area contributed by atoms with Gasteiger partial charge >= 0.3 is 5.79 Å². The minimum absolute atomic E-state index is 0.0121. The van der Waals surface area contributed by atoms with Crippen molar-refractivity contribution >= 4 is 11.6 Å². The van der Waals surface area contributed by atoms with Crippen LogP contribution in [0.5, 0.6) is 28.7 Å². The average molecular weight is 346 g/mol. The molecule has 0 spiro atoms. The van der Waals surface area contributed by atoms with Gasteiger partial charge in [-0.2, -0.15) is 0 Å². The highest BCUT2D eigenvalue weighted by atomic mass is 16.6. The molecule has 130 valence electrons. The Morgan fingerprint density at radius 2 is 1.80 bits per heavy atom. The van der Waals surface area contributed by atoms with Crippen molar-refractivity contribution < 1.29 is 39.1 Å². The number of phenolic OH excluding ortho intramolecular Hbond substituents is 2. The van der Waals surface area contributed by atoms with Gasteiger partial charge in [0.15, 0.2) is 11.5 Å². The Kier molecular flexibility index (Phi) is 3.77. The average Bonchev–Trinajstić information content (AvgIpc) is 2.86. The minimum Gasteiger partial charge on any atom is -0.507 e. The van der Waals surface area contributed by atoms with Gasteiger partial charge in [-0.3, -0.25) is 9.59 Å². The van der Waals surface area contributed by atoms with Crippen molar-refractivity contribution in [3.8, 4) is 28.7 Å². The van der Waals surface area contributed by atoms with E-state index in [1.165, 1.54) is 38.5 Å². The second-order valence-electron chi connectivity index (χ2n) is 5.31. The Bertz CT molecular complexity index is 888.